The smallest absolute Gasteiger partial charge is 0.290 e. The first kappa shape index (κ1) is 18.6. The molecule has 2 amide bonds. The molecule has 0 atom stereocenters. The SMILES string of the molecule is CCc1ccccc1NC(=O)CN(C)C(=O)c1oc2ccc(F)cc2c1C. The zero-order valence-corrected chi connectivity index (χ0v) is 15.5. The first-order valence-corrected chi connectivity index (χ1v) is 8.72. The Morgan fingerprint density at radius 3 is 2.67 bits per heavy atom. The van der Waals surface area contributed by atoms with Crippen LogP contribution in [-0.4, -0.2) is 30.3 Å². The highest BCUT2D eigenvalue weighted by atomic mass is 19.1. The summed E-state index contributed by atoms with van der Waals surface area (Å²) in [7, 11) is 1.53. The third-order valence-corrected chi connectivity index (χ3v) is 4.49. The topological polar surface area (TPSA) is 62.6 Å². The number of furan rings is 1. The fourth-order valence-corrected chi connectivity index (χ4v) is 3.00. The first-order chi connectivity index (χ1) is 12.9. The molecule has 1 heterocycles. The monoisotopic (exact) mass is 368 g/mol. The van der Waals surface area contributed by atoms with E-state index >= 15 is 0 Å². The van der Waals surface area contributed by atoms with Gasteiger partial charge in [-0.25, -0.2) is 4.39 Å². The third kappa shape index (κ3) is 3.84. The number of carbonyl (C=O) groups excluding carboxylic acids is 2. The van der Waals surface area contributed by atoms with Gasteiger partial charge in [0.25, 0.3) is 5.91 Å². The van der Waals surface area contributed by atoms with E-state index in [0.717, 1.165) is 17.7 Å². The maximum absolute atomic E-state index is 13.4. The molecular weight excluding hydrogens is 347 g/mol. The van der Waals surface area contributed by atoms with Crippen LogP contribution in [-0.2, 0) is 11.2 Å². The van der Waals surface area contributed by atoms with Crippen LogP contribution >= 0.6 is 0 Å². The van der Waals surface area contributed by atoms with Crippen LogP contribution in [0.4, 0.5) is 10.1 Å². The third-order valence-electron chi connectivity index (χ3n) is 4.49. The van der Waals surface area contributed by atoms with Gasteiger partial charge < -0.3 is 14.6 Å². The van der Waals surface area contributed by atoms with E-state index in [9.17, 15) is 14.0 Å². The van der Waals surface area contributed by atoms with Crippen LogP contribution < -0.4 is 5.32 Å². The average molecular weight is 368 g/mol. The number of halogens is 1. The van der Waals surface area contributed by atoms with E-state index in [4.69, 9.17) is 4.42 Å². The van der Waals surface area contributed by atoms with Gasteiger partial charge in [-0.05, 0) is 43.2 Å². The van der Waals surface area contributed by atoms with Gasteiger partial charge in [0.1, 0.15) is 11.4 Å². The molecule has 3 rings (SSSR count). The second kappa shape index (κ2) is 7.61. The number of anilines is 1. The van der Waals surface area contributed by atoms with Gasteiger partial charge in [-0.1, -0.05) is 25.1 Å². The van der Waals surface area contributed by atoms with E-state index in [1.54, 1.807) is 6.92 Å². The number of hydrogen-bond acceptors (Lipinski definition) is 3. The van der Waals surface area contributed by atoms with Gasteiger partial charge in [0.15, 0.2) is 5.76 Å². The molecule has 0 aliphatic heterocycles. The number of likely N-dealkylation sites (N-methyl/N-ethyl adjacent to an activating group) is 1. The summed E-state index contributed by atoms with van der Waals surface area (Å²) in [5.74, 6) is -1.01. The van der Waals surface area contributed by atoms with Crippen LogP contribution in [0.25, 0.3) is 11.0 Å². The molecule has 1 aromatic heterocycles. The van der Waals surface area contributed by atoms with Gasteiger partial charge in [0.2, 0.25) is 5.91 Å². The van der Waals surface area contributed by atoms with E-state index < -0.39 is 11.7 Å². The quantitative estimate of drug-likeness (QED) is 0.736. The number of fused-ring (bicyclic) bond motifs is 1. The van der Waals surface area contributed by atoms with Gasteiger partial charge in [0, 0.05) is 23.7 Å². The summed E-state index contributed by atoms with van der Waals surface area (Å²) in [6.45, 7) is 3.58. The minimum atomic E-state index is -0.428. The van der Waals surface area contributed by atoms with Crippen molar-refractivity contribution in [3.63, 3.8) is 0 Å². The predicted molar refractivity (Wildman–Crippen MR) is 102 cm³/mol. The summed E-state index contributed by atoms with van der Waals surface area (Å²) < 4.78 is 19.0. The molecule has 27 heavy (non-hydrogen) atoms. The lowest BCUT2D eigenvalue weighted by Crippen LogP contribution is -2.35. The lowest BCUT2D eigenvalue weighted by Gasteiger charge is -2.17. The molecule has 6 heteroatoms. The Bertz CT molecular complexity index is 1010. The van der Waals surface area contributed by atoms with Crippen molar-refractivity contribution in [1.82, 2.24) is 4.90 Å². The zero-order chi connectivity index (χ0) is 19.6. The number of benzene rings is 2. The first-order valence-electron chi connectivity index (χ1n) is 8.72. The molecule has 1 N–H and O–H groups in total. The summed E-state index contributed by atoms with van der Waals surface area (Å²) in [4.78, 5) is 26.3. The maximum Gasteiger partial charge on any atom is 0.290 e. The van der Waals surface area contributed by atoms with Crippen LogP contribution in [0, 0.1) is 12.7 Å². The minimum absolute atomic E-state index is 0.111. The maximum atomic E-state index is 13.4. The van der Waals surface area contributed by atoms with Crippen molar-refractivity contribution in [2.45, 2.75) is 20.3 Å². The van der Waals surface area contributed by atoms with Crippen molar-refractivity contribution in [3.05, 3.63) is 65.2 Å². The van der Waals surface area contributed by atoms with Crippen LogP contribution in [0.1, 0.15) is 28.6 Å². The summed E-state index contributed by atoms with van der Waals surface area (Å²) >= 11 is 0. The van der Waals surface area contributed by atoms with Crippen LogP contribution in [0.2, 0.25) is 0 Å². The van der Waals surface area contributed by atoms with Gasteiger partial charge in [-0.2, -0.15) is 0 Å². The summed E-state index contributed by atoms with van der Waals surface area (Å²) in [5, 5.41) is 3.38. The molecule has 3 aromatic rings. The number of nitrogens with one attached hydrogen (secondary N) is 1. The zero-order valence-electron chi connectivity index (χ0n) is 15.5. The molecule has 0 saturated heterocycles. The summed E-state index contributed by atoms with van der Waals surface area (Å²) in [6, 6.07) is 11.6. The van der Waals surface area contributed by atoms with Gasteiger partial charge in [-0.15, -0.1) is 0 Å². The van der Waals surface area contributed by atoms with E-state index in [-0.39, 0.29) is 18.2 Å². The van der Waals surface area contributed by atoms with Crippen molar-refractivity contribution < 1.29 is 18.4 Å². The second-order valence-corrected chi connectivity index (χ2v) is 6.42. The number of nitrogens with zero attached hydrogens (tertiary/aromatic N) is 1. The molecule has 0 aliphatic carbocycles. The fraction of sp³-hybridized carbons (Fsp3) is 0.238. The highest BCUT2D eigenvalue weighted by Crippen LogP contribution is 2.26. The molecule has 0 fully saturated rings. The largest absolute Gasteiger partial charge is 0.451 e. The fourth-order valence-electron chi connectivity index (χ4n) is 3.00. The Morgan fingerprint density at radius 2 is 1.93 bits per heavy atom. The Morgan fingerprint density at radius 1 is 1.19 bits per heavy atom. The molecule has 2 aromatic carbocycles. The van der Waals surface area contributed by atoms with Crippen molar-refractivity contribution in [2.24, 2.45) is 0 Å². The number of para-hydroxylation sites is 1. The Labute approximate surface area is 156 Å². The average Bonchev–Trinajstić information content (AvgIpc) is 2.97. The second-order valence-electron chi connectivity index (χ2n) is 6.42. The van der Waals surface area contributed by atoms with Crippen molar-refractivity contribution in [1.29, 1.82) is 0 Å². The molecule has 0 spiro atoms. The lowest BCUT2D eigenvalue weighted by molar-refractivity contribution is -0.116. The van der Waals surface area contributed by atoms with E-state index in [1.165, 1.54) is 30.1 Å². The van der Waals surface area contributed by atoms with Gasteiger partial charge in [0.05, 0.1) is 6.54 Å². The minimum Gasteiger partial charge on any atom is -0.451 e. The van der Waals surface area contributed by atoms with E-state index in [2.05, 4.69) is 5.32 Å². The molecule has 0 radical (unpaired) electrons. The van der Waals surface area contributed by atoms with Gasteiger partial charge in [-0.3, -0.25) is 9.59 Å². The number of rotatable bonds is 5. The molecule has 0 bridgehead atoms. The normalized spacial score (nSPS) is 10.8. The number of hydrogen-bond donors (Lipinski definition) is 1. The molecule has 5 nitrogen and oxygen atoms in total. The Kier molecular flexibility index (Phi) is 5.26. The summed E-state index contributed by atoms with van der Waals surface area (Å²) in [6.07, 6.45) is 0.792. The molecule has 0 saturated carbocycles. The van der Waals surface area contributed by atoms with Gasteiger partial charge >= 0.3 is 0 Å². The Hall–Kier alpha value is -3.15. The number of amides is 2. The number of aryl methyl sites for hydroxylation is 2. The molecule has 0 unspecified atom stereocenters. The van der Waals surface area contributed by atoms with Crippen molar-refractivity contribution >= 4 is 28.5 Å². The highest BCUT2D eigenvalue weighted by Gasteiger charge is 2.23. The van der Waals surface area contributed by atoms with Crippen LogP contribution in [0.3, 0.4) is 0 Å². The molecule has 0 aliphatic rings. The van der Waals surface area contributed by atoms with Crippen LogP contribution in [0.15, 0.2) is 46.9 Å². The summed E-state index contributed by atoms with van der Waals surface area (Å²) in [5.41, 5.74) is 2.75. The van der Waals surface area contributed by atoms with E-state index in [0.29, 0.717) is 16.5 Å². The number of carbonyl (C=O) groups is 2. The molecular formula is C21H21FN2O3. The molecule has 140 valence electrons. The standard InChI is InChI=1S/C21H21FN2O3/c1-4-14-7-5-6-8-17(14)23-19(25)12-24(3)21(26)20-13(2)16-11-15(22)9-10-18(16)27-20/h5-11H,4,12H2,1-3H3,(H,23,25). The van der Waals surface area contributed by atoms with Crippen molar-refractivity contribution in [2.75, 3.05) is 18.9 Å². The van der Waals surface area contributed by atoms with Crippen LogP contribution in [0.5, 0.6) is 0 Å². The predicted octanol–water partition coefficient (Wildman–Crippen LogP) is 4.15. The lowest BCUT2D eigenvalue weighted by atomic mass is 10.1. The van der Waals surface area contributed by atoms with Crippen molar-refractivity contribution in [3.8, 4) is 0 Å². The van der Waals surface area contributed by atoms with E-state index in [1.807, 2.05) is 31.2 Å². The Balaban J connectivity index is 1.74. The highest BCUT2D eigenvalue weighted by molar-refractivity contribution is 6.01.